The molecule has 0 heterocycles. The van der Waals surface area contributed by atoms with E-state index in [4.69, 9.17) is 15.2 Å². The Hall–Kier alpha value is -1.74. The van der Waals surface area contributed by atoms with Crippen LogP contribution in [0.2, 0.25) is 0 Å². The Kier molecular flexibility index (Phi) is 4.63. The molecule has 19 heavy (non-hydrogen) atoms. The first kappa shape index (κ1) is 13.7. The lowest BCUT2D eigenvalue weighted by Gasteiger charge is -2.13. The molecule has 0 bridgehead atoms. The lowest BCUT2D eigenvalue weighted by molar-refractivity contribution is 0.409. The number of ether oxygens (including phenoxy) is 2. The molecule has 0 atom stereocenters. The van der Waals surface area contributed by atoms with E-state index in [1.165, 1.54) is 16.3 Å². The summed E-state index contributed by atoms with van der Waals surface area (Å²) in [6, 6.07) is 10.3. The van der Waals surface area contributed by atoms with Gasteiger partial charge in [0.05, 0.1) is 14.2 Å². The zero-order valence-corrected chi connectivity index (χ0v) is 11.6. The van der Waals surface area contributed by atoms with Gasteiger partial charge in [-0.15, -0.1) is 0 Å². The maximum atomic E-state index is 5.57. The Labute approximate surface area is 114 Å². The molecule has 2 rings (SSSR count). The van der Waals surface area contributed by atoms with Gasteiger partial charge in [-0.2, -0.15) is 0 Å². The van der Waals surface area contributed by atoms with Crippen LogP contribution in [0.25, 0.3) is 10.8 Å². The van der Waals surface area contributed by atoms with Crippen molar-refractivity contribution < 1.29 is 9.47 Å². The maximum absolute atomic E-state index is 5.57. The third kappa shape index (κ3) is 2.99. The quantitative estimate of drug-likeness (QED) is 0.811. The summed E-state index contributed by atoms with van der Waals surface area (Å²) in [4.78, 5) is 0. The van der Waals surface area contributed by atoms with Crippen molar-refractivity contribution in [2.24, 2.45) is 5.73 Å². The molecule has 102 valence electrons. The molecular formula is C16H21NO2. The summed E-state index contributed by atoms with van der Waals surface area (Å²) < 4.78 is 10.8. The predicted molar refractivity (Wildman–Crippen MR) is 79.0 cm³/mol. The van der Waals surface area contributed by atoms with E-state index in [1.54, 1.807) is 14.2 Å². The van der Waals surface area contributed by atoms with Crippen LogP contribution >= 0.6 is 0 Å². The van der Waals surface area contributed by atoms with E-state index in [1.807, 2.05) is 12.1 Å². The lowest BCUT2D eigenvalue weighted by atomic mass is 9.98. The van der Waals surface area contributed by atoms with Crippen LogP contribution in [-0.4, -0.2) is 20.8 Å². The zero-order valence-electron chi connectivity index (χ0n) is 11.6. The Bertz CT molecular complexity index is 546. The monoisotopic (exact) mass is 259 g/mol. The number of fused-ring (bicyclic) bond motifs is 1. The lowest BCUT2D eigenvalue weighted by Crippen LogP contribution is -2.00. The van der Waals surface area contributed by atoms with Crippen LogP contribution in [0.15, 0.2) is 30.3 Å². The highest BCUT2D eigenvalue weighted by molar-refractivity contribution is 5.89. The number of hydrogen-bond donors (Lipinski definition) is 1. The van der Waals surface area contributed by atoms with E-state index >= 15 is 0 Å². The summed E-state index contributed by atoms with van der Waals surface area (Å²) in [5.74, 6) is 1.82. The molecule has 2 aromatic carbocycles. The molecule has 0 amide bonds. The van der Waals surface area contributed by atoms with Crippen LogP contribution < -0.4 is 15.2 Å². The largest absolute Gasteiger partial charge is 0.497 e. The van der Waals surface area contributed by atoms with Crippen LogP contribution in [0.4, 0.5) is 0 Å². The maximum Gasteiger partial charge on any atom is 0.122 e. The van der Waals surface area contributed by atoms with Crippen molar-refractivity contribution in [3.8, 4) is 11.5 Å². The highest BCUT2D eigenvalue weighted by atomic mass is 16.5. The smallest absolute Gasteiger partial charge is 0.122 e. The van der Waals surface area contributed by atoms with E-state index in [0.717, 1.165) is 37.3 Å². The molecule has 3 heteroatoms. The van der Waals surface area contributed by atoms with Gasteiger partial charge in [0.15, 0.2) is 0 Å². The number of benzene rings is 2. The second-order valence-corrected chi connectivity index (χ2v) is 4.58. The van der Waals surface area contributed by atoms with Crippen molar-refractivity contribution in [2.75, 3.05) is 20.8 Å². The third-order valence-corrected chi connectivity index (χ3v) is 3.40. The van der Waals surface area contributed by atoms with Crippen molar-refractivity contribution in [1.82, 2.24) is 0 Å². The molecule has 2 N–H and O–H groups in total. The van der Waals surface area contributed by atoms with Gasteiger partial charge in [-0.05, 0) is 54.8 Å². The molecule has 0 aliphatic carbocycles. The first-order valence-electron chi connectivity index (χ1n) is 6.64. The summed E-state index contributed by atoms with van der Waals surface area (Å²) in [7, 11) is 3.41. The summed E-state index contributed by atoms with van der Waals surface area (Å²) in [6.45, 7) is 0.733. The van der Waals surface area contributed by atoms with Crippen LogP contribution in [-0.2, 0) is 6.42 Å². The number of aryl methyl sites for hydroxylation is 1. The van der Waals surface area contributed by atoms with E-state index in [2.05, 4.69) is 18.2 Å². The summed E-state index contributed by atoms with van der Waals surface area (Å²) in [6.07, 6.45) is 3.08. The average Bonchev–Trinajstić information content (AvgIpc) is 2.47. The standard InChI is InChI=1S/C16H21NO2/c1-18-13-8-6-12-7-9-16(19-2)14(15(12)11-13)5-3-4-10-17/h6-9,11H,3-5,10,17H2,1-2H3. The van der Waals surface area contributed by atoms with Gasteiger partial charge in [0.2, 0.25) is 0 Å². The molecule has 0 saturated heterocycles. The van der Waals surface area contributed by atoms with Gasteiger partial charge >= 0.3 is 0 Å². The van der Waals surface area contributed by atoms with Gasteiger partial charge in [0, 0.05) is 5.56 Å². The Morgan fingerprint density at radius 2 is 1.79 bits per heavy atom. The summed E-state index contributed by atoms with van der Waals surface area (Å²) in [5, 5.41) is 2.42. The molecule has 0 fully saturated rings. The Balaban J connectivity index is 2.47. The van der Waals surface area contributed by atoms with Gasteiger partial charge in [-0.25, -0.2) is 0 Å². The molecule has 0 spiro atoms. The number of rotatable bonds is 6. The van der Waals surface area contributed by atoms with Crippen molar-refractivity contribution in [1.29, 1.82) is 0 Å². The molecule has 0 aromatic heterocycles. The fraction of sp³-hybridized carbons (Fsp3) is 0.375. The zero-order chi connectivity index (χ0) is 13.7. The Morgan fingerprint density at radius 3 is 2.47 bits per heavy atom. The fourth-order valence-corrected chi connectivity index (χ4v) is 2.36. The van der Waals surface area contributed by atoms with Crippen LogP contribution in [0.1, 0.15) is 18.4 Å². The Morgan fingerprint density at radius 1 is 1.00 bits per heavy atom. The van der Waals surface area contributed by atoms with Crippen molar-refractivity contribution in [3.05, 3.63) is 35.9 Å². The molecular weight excluding hydrogens is 238 g/mol. The molecule has 0 aliphatic rings. The highest BCUT2D eigenvalue weighted by Crippen LogP contribution is 2.31. The van der Waals surface area contributed by atoms with E-state index in [-0.39, 0.29) is 0 Å². The third-order valence-electron chi connectivity index (χ3n) is 3.40. The molecule has 0 unspecified atom stereocenters. The number of nitrogens with two attached hydrogens (primary N) is 1. The fourth-order valence-electron chi connectivity index (χ4n) is 2.36. The highest BCUT2D eigenvalue weighted by Gasteiger charge is 2.09. The number of methoxy groups -OCH3 is 2. The molecule has 3 nitrogen and oxygen atoms in total. The first-order valence-corrected chi connectivity index (χ1v) is 6.64. The van der Waals surface area contributed by atoms with Crippen molar-refractivity contribution >= 4 is 10.8 Å². The van der Waals surface area contributed by atoms with Crippen LogP contribution in [0, 0.1) is 0 Å². The summed E-state index contributed by atoms with van der Waals surface area (Å²) in [5.41, 5.74) is 6.81. The minimum atomic E-state index is 0.733. The minimum Gasteiger partial charge on any atom is -0.497 e. The molecule has 2 aromatic rings. The van der Waals surface area contributed by atoms with E-state index < -0.39 is 0 Å². The van der Waals surface area contributed by atoms with Gasteiger partial charge in [0.25, 0.3) is 0 Å². The molecule has 0 aliphatic heterocycles. The average molecular weight is 259 g/mol. The van der Waals surface area contributed by atoms with Gasteiger partial charge in [-0.1, -0.05) is 12.1 Å². The van der Waals surface area contributed by atoms with E-state index in [9.17, 15) is 0 Å². The topological polar surface area (TPSA) is 44.5 Å². The van der Waals surface area contributed by atoms with Gasteiger partial charge in [-0.3, -0.25) is 0 Å². The van der Waals surface area contributed by atoms with Crippen molar-refractivity contribution in [2.45, 2.75) is 19.3 Å². The van der Waals surface area contributed by atoms with E-state index in [0.29, 0.717) is 0 Å². The van der Waals surface area contributed by atoms with Crippen LogP contribution in [0.3, 0.4) is 0 Å². The van der Waals surface area contributed by atoms with Crippen LogP contribution in [0.5, 0.6) is 11.5 Å². The predicted octanol–water partition coefficient (Wildman–Crippen LogP) is 3.14. The second kappa shape index (κ2) is 6.43. The van der Waals surface area contributed by atoms with Crippen molar-refractivity contribution in [3.63, 3.8) is 0 Å². The summed E-state index contributed by atoms with van der Waals surface area (Å²) >= 11 is 0. The number of hydrogen-bond acceptors (Lipinski definition) is 3. The second-order valence-electron chi connectivity index (χ2n) is 4.58. The normalized spacial score (nSPS) is 10.7. The number of unbranched alkanes of at least 4 members (excludes halogenated alkanes) is 1. The first-order chi connectivity index (χ1) is 9.30. The van der Waals surface area contributed by atoms with Gasteiger partial charge in [0.1, 0.15) is 11.5 Å². The SMILES string of the molecule is COc1ccc2ccc(OC)c(CCCCN)c2c1. The molecule has 0 radical (unpaired) electrons. The minimum absolute atomic E-state index is 0.733. The molecule has 0 saturated carbocycles. The van der Waals surface area contributed by atoms with Gasteiger partial charge < -0.3 is 15.2 Å².